The minimum absolute atomic E-state index is 0.0844. The largest absolute Gasteiger partial charge is 0.448 e. The van der Waals surface area contributed by atoms with Crippen LogP contribution in [0.25, 0.3) is 11.1 Å². The number of halogens is 1. The van der Waals surface area contributed by atoms with Gasteiger partial charge in [-0.05, 0) is 28.8 Å². The van der Waals surface area contributed by atoms with Gasteiger partial charge >= 0.3 is 0 Å². The van der Waals surface area contributed by atoms with Gasteiger partial charge in [0.2, 0.25) is 0 Å². The zero-order valence-corrected chi connectivity index (χ0v) is 13.0. The lowest BCUT2D eigenvalue weighted by Crippen LogP contribution is -2.29. The van der Waals surface area contributed by atoms with E-state index in [4.69, 9.17) is 9.15 Å². The standard InChI is InChI=1S/C14H17BrN2O3/c1-19-7-6-17-10-9-13(15)20-12(10)8-11(17)14(18)16-4-2-3-5-16/h8-9H,2-7H2,1H3. The Kier molecular flexibility index (Phi) is 3.85. The van der Waals surface area contributed by atoms with Crippen molar-refractivity contribution < 1.29 is 13.9 Å². The summed E-state index contributed by atoms with van der Waals surface area (Å²) in [5.74, 6) is 0.0844. The fourth-order valence-electron chi connectivity index (χ4n) is 2.69. The van der Waals surface area contributed by atoms with Crippen LogP contribution in [-0.2, 0) is 11.3 Å². The topological polar surface area (TPSA) is 47.6 Å². The molecule has 0 aliphatic carbocycles. The second kappa shape index (κ2) is 5.61. The maximum atomic E-state index is 12.6. The number of furan rings is 1. The Hall–Kier alpha value is -1.27. The number of amides is 1. The van der Waals surface area contributed by atoms with Crippen LogP contribution in [0.2, 0.25) is 0 Å². The molecule has 3 heterocycles. The first-order chi connectivity index (χ1) is 9.70. The Morgan fingerprint density at radius 3 is 2.85 bits per heavy atom. The monoisotopic (exact) mass is 340 g/mol. The Morgan fingerprint density at radius 1 is 1.40 bits per heavy atom. The van der Waals surface area contributed by atoms with Crippen molar-refractivity contribution >= 4 is 32.9 Å². The van der Waals surface area contributed by atoms with E-state index in [0.29, 0.717) is 23.5 Å². The van der Waals surface area contributed by atoms with Crippen molar-refractivity contribution in [3.8, 4) is 0 Å². The highest BCUT2D eigenvalue weighted by molar-refractivity contribution is 9.10. The first-order valence-corrected chi connectivity index (χ1v) is 7.57. The van der Waals surface area contributed by atoms with Crippen LogP contribution >= 0.6 is 15.9 Å². The highest BCUT2D eigenvalue weighted by Gasteiger charge is 2.25. The van der Waals surface area contributed by atoms with Crippen molar-refractivity contribution in [1.82, 2.24) is 9.47 Å². The average molecular weight is 341 g/mol. The molecule has 20 heavy (non-hydrogen) atoms. The molecule has 1 amide bonds. The number of aromatic nitrogens is 1. The Bertz CT molecular complexity index is 626. The highest BCUT2D eigenvalue weighted by atomic mass is 79.9. The lowest BCUT2D eigenvalue weighted by molar-refractivity contribution is 0.0780. The summed E-state index contributed by atoms with van der Waals surface area (Å²) in [7, 11) is 1.66. The summed E-state index contributed by atoms with van der Waals surface area (Å²) in [5, 5.41) is 0. The van der Waals surface area contributed by atoms with Gasteiger partial charge < -0.3 is 18.6 Å². The first kappa shape index (κ1) is 13.7. The lowest BCUT2D eigenvalue weighted by Gasteiger charge is -2.17. The third-order valence-electron chi connectivity index (χ3n) is 3.69. The number of hydrogen-bond donors (Lipinski definition) is 0. The predicted octanol–water partition coefficient (Wildman–Crippen LogP) is 2.88. The molecule has 0 unspecified atom stereocenters. The summed E-state index contributed by atoms with van der Waals surface area (Å²) in [6.45, 7) is 2.90. The van der Waals surface area contributed by atoms with E-state index in [1.807, 2.05) is 21.6 Å². The number of carbonyl (C=O) groups excluding carboxylic acids is 1. The van der Waals surface area contributed by atoms with Gasteiger partial charge in [-0.2, -0.15) is 0 Å². The molecule has 2 aromatic heterocycles. The molecule has 0 radical (unpaired) electrons. The number of nitrogens with zero attached hydrogens (tertiary/aromatic N) is 2. The number of rotatable bonds is 4. The van der Waals surface area contributed by atoms with Gasteiger partial charge in [0, 0.05) is 38.9 Å². The van der Waals surface area contributed by atoms with Crippen LogP contribution in [-0.4, -0.2) is 42.2 Å². The summed E-state index contributed by atoms with van der Waals surface area (Å²) >= 11 is 3.33. The molecule has 1 aliphatic rings. The smallest absolute Gasteiger partial charge is 0.270 e. The molecule has 0 atom stereocenters. The average Bonchev–Trinajstić information content (AvgIpc) is 3.11. The molecule has 6 heteroatoms. The zero-order valence-electron chi connectivity index (χ0n) is 11.4. The number of likely N-dealkylation sites (tertiary alicyclic amines) is 1. The summed E-state index contributed by atoms with van der Waals surface area (Å²) in [6.07, 6.45) is 2.18. The van der Waals surface area contributed by atoms with Crippen molar-refractivity contribution in [2.75, 3.05) is 26.8 Å². The molecule has 3 rings (SSSR count). The summed E-state index contributed by atoms with van der Waals surface area (Å²) < 4.78 is 13.4. The number of ether oxygens (including phenoxy) is 1. The Labute approximate surface area is 125 Å². The van der Waals surface area contributed by atoms with E-state index in [9.17, 15) is 4.79 Å². The van der Waals surface area contributed by atoms with Gasteiger partial charge in [-0.25, -0.2) is 0 Å². The van der Waals surface area contributed by atoms with Gasteiger partial charge in [0.25, 0.3) is 5.91 Å². The van der Waals surface area contributed by atoms with E-state index in [2.05, 4.69) is 15.9 Å². The third kappa shape index (κ3) is 2.38. The van der Waals surface area contributed by atoms with E-state index < -0.39 is 0 Å². The van der Waals surface area contributed by atoms with Gasteiger partial charge in [-0.1, -0.05) is 0 Å². The lowest BCUT2D eigenvalue weighted by atomic mass is 10.3. The van der Waals surface area contributed by atoms with Gasteiger partial charge in [0.05, 0.1) is 12.1 Å². The van der Waals surface area contributed by atoms with Crippen LogP contribution < -0.4 is 0 Å². The van der Waals surface area contributed by atoms with Gasteiger partial charge in [-0.15, -0.1) is 0 Å². The summed E-state index contributed by atoms with van der Waals surface area (Å²) in [4.78, 5) is 14.5. The number of fused-ring (bicyclic) bond motifs is 1. The molecule has 0 N–H and O–H groups in total. The van der Waals surface area contributed by atoms with Crippen molar-refractivity contribution in [3.05, 3.63) is 22.5 Å². The molecule has 1 aliphatic heterocycles. The van der Waals surface area contributed by atoms with Gasteiger partial charge in [0.15, 0.2) is 10.3 Å². The third-order valence-corrected chi connectivity index (χ3v) is 4.08. The number of carbonyl (C=O) groups is 1. The van der Waals surface area contributed by atoms with E-state index in [0.717, 1.165) is 37.0 Å². The molecular formula is C14H17BrN2O3. The fourth-order valence-corrected chi connectivity index (χ4v) is 3.09. The molecule has 1 fully saturated rings. The van der Waals surface area contributed by atoms with E-state index in [1.54, 1.807) is 7.11 Å². The minimum Gasteiger partial charge on any atom is -0.448 e. The van der Waals surface area contributed by atoms with Crippen molar-refractivity contribution in [1.29, 1.82) is 0 Å². The Morgan fingerprint density at radius 2 is 2.15 bits per heavy atom. The van der Waals surface area contributed by atoms with Crippen LogP contribution in [0.5, 0.6) is 0 Å². The molecule has 0 saturated carbocycles. The maximum absolute atomic E-state index is 12.6. The molecule has 0 aromatic carbocycles. The SMILES string of the molecule is COCCn1c(C(=O)N2CCCC2)cc2oc(Br)cc21. The maximum Gasteiger partial charge on any atom is 0.270 e. The molecule has 1 saturated heterocycles. The zero-order chi connectivity index (χ0) is 14.1. The van der Waals surface area contributed by atoms with E-state index in [-0.39, 0.29) is 5.91 Å². The van der Waals surface area contributed by atoms with Crippen molar-refractivity contribution in [2.45, 2.75) is 19.4 Å². The van der Waals surface area contributed by atoms with Crippen molar-refractivity contribution in [3.63, 3.8) is 0 Å². The van der Waals surface area contributed by atoms with Crippen molar-refractivity contribution in [2.24, 2.45) is 0 Å². The normalized spacial score (nSPS) is 15.4. The number of methoxy groups -OCH3 is 1. The van der Waals surface area contributed by atoms with Gasteiger partial charge in [-0.3, -0.25) is 4.79 Å². The summed E-state index contributed by atoms with van der Waals surface area (Å²) in [6, 6.07) is 3.72. The Balaban J connectivity index is 1.99. The second-order valence-corrected chi connectivity index (χ2v) is 5.75. The molecule has 108 valence electrons. The summed E-state index contributed by atoms with van der Waals surface area (Å²) in [5.41, 5.74) is 2.34. The first-order valence-electron chi connectivity index (χ1n) is 6.77. The van der Waals surface area contributed by atoms with Crippen LogP contribution in [0.3, 0.4) is 0 Å². The minimum atomic E-state index is 0.0844. The van der Waals surface area contributed by atoms with E-state index >= 15 is 0 Å². The molecule has 0 spiro atoms. The quantitative estimate of drug-likeness (QED) is 0.859. The van der Waals surface area contributed by atoms with Crippen LogP contribution in [0.1, 0.15) is 23.3 Å². The van der Waals surface area contributed by atoms with Gasteiger partial charge in [0.1, 0.15) is 5.69 Å². The molecule has 5 nitrogen and oxygen atoms in total. The molecular weight excluding hydrogens is 324 g/mol. The van der Waals surface area contributed by atoms with Crippen LogP contribution in [0.15, 0.2) is 21.2 Å². The van der Waals surface area contributed by atoms with Crippen LogP contribution in [0, 0.1) is 0 Å². The van der Waals surface area contributed by atoms with E-state index in [1.165, 1.54) is 0 Å². The second-order valence-electron chi connectivity index (χ2n) is 4.97. The number of hydrogen-bond acceptors (Lipinski definition) is 3. The van der Waals surface area contributed by atoms with Crippen LogP contribution in [0.4, 0.5) is 0 Å². The molecule has 0 bridgehead atoms. The molecule has 2 aromatic rings. The fraction of sp³-hybridized carbons (Fsp3) is 0.500. The highest BCUT2D eigenvalue weighted by Crippen LogP contribution is 2.28. The predicted molar refractivity (Wildman–Crippen MR) is 78.9 cm³/mol.